The van der Waals surface area contributed by atoms with Gasteiger partial charge in [0.25, 0.3) is 0 Å². The standard InChI is InChI=1S/C25H20N2.2C2H6/c1-3-10-19-21-16-15-20-18-13-8-9-14-22(18)26-24(20)25(21)27(23(19)4-2)17-11-6-5-7-12-17;2*1-2/h3-16,26H,2H2,1H3;2*1-2H3/b10-3-;;. The predicted octanol–water partition coefficient (Wildman–Crippen LogP) is 8.99. The number of para-hydroxylation sites is 2. The van der Waals surface area contributed by atoms with Gasteiger partial charge < -0.3 is 9.55 Å². The van der Waals surface area contributed by atoms with E-state index in [9.17, 15) is 0 Å². The number of nitrogens with zero attached hydrogens (tertiary/aromatic N) is 1. The molecule has 5 rings (SSSR count). The van der Waals surface area contributed by atoms with Crippen molar-refractivity contribution in [2.24, 2.45) is 0 Å². The molecule has 0 unspecified atom stereocenters. The van der Waals surface area contributed by atoms with E-state index in [4.69, 9.17) is 0 Å². The third-order valence-electron chi connectivity index (χ3n) is 5.23. The zero-order valence-electron chi connectivity index (χ0n) is 19.2. The second-order valence-electron chi connectivity index (χ2n) is 6.73. The van der Waals surface area contributed by atoms with Crippen molar-refractivity contribution < 1.29 is 0 Å². The molecule has 0 aliphatic carbocycles. The van der Waals surface area contributed by atoms with Crippen LogP contribution in [0.5, 0.6) is 0 Å². The number of hydrogen-bond acceptors (Lipinski definition) is 0. The Morgan fingerprint density at radius 1 is 0.774 bits per heavy atom. The Morgan fingerprint density at radius 2 is 1.42 bits per heavy atom. The number of aromatic amines is 1. The summed E-state index contributed by atoms with van der Waals surface area (Å²) in [6.45, 7) is 14.2. The minimum absolute atomic E-state index is 1.11. The van der Waals surface area contributed by atoms with Crippen LogP contribution in [0.15, 0.2) is 79.4 Å². The van der Waals surface area contributed by atoms with E-state index in [1.54, 1.807) is 0 Å². The van der Waals surface area contributed by atoms with Gasteiger partial charge in [0.05, 0.1) is 16.7 Å². The molecule has 2 nitrogen and oxygen atoms in total. The molecule has 5 aromatic rings. The molecular weight excluding hydrogens is 376 g/mol. The smallest absolute Gasteiger partial charge is 0.0783 e. The predicted molar refractivity (Wildman–Crippen MR) is 140 cm³/mol. The molecule has 0 amide bonds. The molecule has 2 heterocycles. The molecule has 1 N–H and O–H groups in total. The first kappa shape index (κ1) is 22.2. The maximum atomic E-state index is 4.11. The number of nitrogens with one attached hydrogen (secondary N) is 1. The molecule has 0 aliphatic rings. The molecule has 0 saturated carbocycles. The van der Waals surface area contributed by atoms with Crippen molar-refractivity contribution in [1.82, 2.24) is 9.55 Å². The van der Waals surface area contributed by atoms with Crippen LogP contribution in [-0.2, 0) is 0 Å². The van der Waals surface area contributed by atoms with Gasteiger partial charge in [-0.2, -0.15) is 0 Å². The van der Waals surface area contributed by atoms with Crippen molar-refractivity contribution in [3.05, 3.63) is 90.6 Å². The van der Waals surface area contributed by atoms with Crippen molar-refractivity contribution in [3.8, 4) is 5.69 Å². The van der Waals surface area contributed by atoms with Gasteiger partial charge in [0, 0.05) is 32.9 Å². The molecule has 0 aliphatic heterocycles. The fourth-order valence-electron chi connectivity index (χ4n) is 4.12. The first-order valence-corrected chi connectivity index (χ1v) is 11.2. The van der Waals surface area contributed by atoms with Crippen molar-refractivity contribution in [2.75, 3.05) is 0 Å². The first-order valence-electron chi connectivity index (χ1n) is 11.2. The van der Waals surface area contributed by atoms with Crippen LogP contribution in [0.2, 0.25) is 0 Å². The summed E-state index contributed by atoms with van der Waals surface area (Å²) in [5, 5.41) is 3.73. The third-order valence-corrected chi connectivity index (χ3v) is 5.23. The van der Waals surface area contributed by atoms with E-state index in [2.05, 4.69) is 95.9 Å². The highest BCUT2D eigenvalue weighted by atomic mass is 15.0. The van der Waals surface area contributed by atoms with Crippen molar-refractivity contribution in [2.45, 2.75) is 34.6 Å². The molecule has 0 bridgehead atoms. The van der Waals surface area contributed by atoms with Crippen LogP contribution in [-0.4, -0.2) is 9.55 Å². The first-order chi connectivity index (χ1) is 15.3. The van der Waals surface area contributed by atoms with Crippen LogP contribution in [0.4, 0.5) is 0 Å². The lowest BCUT2D eigenvalue weighted by molar-refractivity contribution is 1.11. The van der Waals surface area contributed by atoms with E-state index in [0.717, 1.165) is 22.4 Å². The molecule has 0 atom stereocenters. The quantitative estimate of drug-likeness (QED) is 0.307. The Balaban J connectivity index is 0.000000645. The van der Waals surface area contributed by atoms with E-state index in [0.29, 0.717) is 0 Å². The van der Waals surface area contributed by atoms with E-state index in [1.807, 2.05) is 39.8 Å². The summed E-state index contributed by atoms with van der Waals surface area (Å²) in [5.74, 6) is 0. The Bertz CT molecular complexity index is 1330. The molecule has 31 heavy (non-hydrogen) atoms. The van der Waals surface area contributed by atoms with Crippen molar-refractivity contribution >= 4 is 44.9 Å². The van der Waals surface area contributed by atoms with Crippen LogP contribution in [0.25, 0.3) is 50.5 Å². The highest BCUT2D eigenvalue weighted by Crippen LogP contribution is 2.38. The zero-order valence-corrected chi connectivity index (χ0v) is 19.2. The molecule has 0 fully saturated rings. The highest BCUT2D eigenvalue weighted by Gasteiger charge is 2.18. The van der Waals surface area contributed by atoms with Crippen LogP contribution < -0.4 is 0 Å². The van der Waals surface area contributed by atoms with Gasteiger partial charge in [0.1, 0.15) is 0 Å². The van der Waals surface area contributed by atoms with E-state index in [-0.39, 0.29) is 0 Å². The lowest BCUT2D eigenvalue weighted by atomic mass is 10.1. The molecule has 158 valence electrons. The summed E-state index contributed by atoms with van der Waals surface area (Å²) in [6, 6.07) is 23.4. The van der Waals surface area contributed by atoms with Crippen LogP contribution in [0, 0.1) is 0 Å². The third kappa shape index (κ3) is 3.70. The summed E-state index contributed by atoms with van der Waals surface area (Å²) in [4.78, 5) is 3.66. The minimum Gasteiger partial charge on any atom is -0.353 e. The van der Waals surface area contributed by atoms with Crippen molar-refractivity contribution in [3.63, 3.8) is 0 Å². The number of allylic oxidation sites excluding steroid dienone is 1. The average Bonchev–Trinajstić information content (AvgIpc) is 3.38. The summed E-state index contributed by atoms with van der Waals surface area (Å²) >= 11 is 0. The number of H-pyrrole nitrogens is 1. The van der Waals surface area contributed by atoms with Gasteiger partial charge >= 0.3 is 0 Å². The van der Waals surface area contributed by atoms with Gasteiger partial charge in [0.2, 0.25) is 0 Å². The van der Waals surface area contributed by atoms with Crippen LogP contribution in [0.3, 0.4) is 0 Å². The average molecular weight is 409 g/mol. The fraction of sp³-hybridized carbons (Fsp3) is 0.172. The lowest BCUT2D eigenvalue weighted by Crippen LogP contribution is -1.97. The van der Waals surface area contributed by atoms with Gasteiger partial charge in [-0.15, -0.1) is 0 Å². The summed E-state index contributed by atoms with van der Waals surface area (Å²) in [6.07, 6.45) is 6.22. The molecule has 0 radical (unpaired) electrons. The Morgan fingerprint density at radius 3 is 2.10 bits per heavy atom. The van der Waals surface area contributed by atoms with E-state index < -0.39 is 0 Å². The zero-order chi connectivity index (χ0) is 22.4. The van der Waals surface area contributed by atoms with Gasteiger partial charge in [-0.25, -0.2) is 0 Å². The maximum Gasteiger partial charge on any atom is 0.0783 e. The lowest BCUT2D eigenvalue weighted by Gasteiger charge is -2.09. The second-order valence-corrected chi connectivity index (χ2v) is 6.73. The van der Waals surface area contributed by atoms with Gasteiger partial charge in [-0.3, -0.25) is 0 Å². The van der Waals surface area contributed by atoms with E-state index in [1.165, 1.54) is 27.2 Å². The van der Waals surface area contributed by atoms with Crippen LogP contribution in [0.1, 0.15) is 45.9 Å². The van der Waals surface area contributed by atoms with Gasteiger partial charge in [-0.05, 0) is 31.2 Å². The number of hydrogen-bond donors (Lipinski definition) is 1. The second kappa shape index (κ2) is 9.99. The largest absolute Gasteiger partial charge is 0.353 e. The molecule has 0 spiro atoms. The maximum absolute atomic E-state index is 4.11. The van der Waals surface area contributed by atoms with Crippen molar-refractivity contribution in [1.29, 1.82) is 0 Å². The SMILES string of the molecule is C=Cc1c(/C=C\C)c2ccc3c4ccccc4[nH]c3c2n1-c1ccccc1.CC.CC. The number of rotatable bonds is 3. The normalized spacial score (nSPS) is 10.7. The topological polar surface area (TPSA) is 20.7 Å². The fourth-order valence-corrected chi connectivity index (χ4v) is 4.12. The van der Waals surface area contributed by atoms with E-state index >= 15 is 0 Å². The molecular formula is C29H32N2. The summed E-state index contributed by atoms with van der Waals surface area (Å²) in [5.41, 5.74) is 6.97. The number of benzene rings is 3. The Labute approximate surface area is 185 Å². The highest BCUT2D eigenvalue weighted by molar-refractivity contribution is 6.18. The van der Waals surface area contributed by atoms with Gasteiger partial charge in [0.15, 0.2) is 0 Å². The minimum atomic E-state index is 1.11. The molecule has 2 heteroatoms. The Kier molecular flexibility index (Phi) is 7.15. The summed E-state index contributed by atoms with van der Waals surface area (Å²) < 4.78 is 2.31. The van der Waals surface area contributed by atoms with Crippen LogP contribution >= 0.6 is 0 Å². The molecule has 3 aromatic carbocycles. The number of aromatic nitrogens is 2. The molecule has 0 saturated heterocycles. The molecule has 2 aromatic heterocycles. The number of fused-ring (bicyclic) bond motifs is 5. The summed E-state index contributed by atoms with van der Waals surface area (Å²) in [7, 11) is 0. The Hall–Kier alpha value is -3.52. The monoisotopic (exact) mass is 408 g/mol. The van der Waals surface area contributed by atoms with Gasteiger partial charge in [-0.1, -0.05) is 95.0 Å².